The van der Waals surface area contributed by atoms with Gasteiger partial charge in [-0.05, 0) is 43.7 Å². The largest absolute Gasteiger partial charge is 0.496 e. The first kappa shape index (κ1) is 18.1. The van der Waals surface area contributed by atoms with Crippen LogP contribution < -0.4 is 10.1 Å². The Morgan fingerprint density at radius 1 is 1.27 bits per heavy atom. The summed E-state index contributed by atoms with van der Waals surface area (Å²) < 4.78 is 6.53. The second kappa shape index (κ2) is 8.63. The number of amides is 1. The third kappa shape index (κ3) is 4.70. The van der Waals surface area contributed by atoms with Gasteiger partial charge >= 0.3 is 0 Å². The topological polar surface area (TPSA) is 51.2 Å². The van der Waals surface area contributed by atoms with Crippen LogP contribution in [-0.2, 0) is 11.2 Å². The van der Waals surface area contributed by atoms with Crippen LogP contribution in [0, 0.1) is 6.92 Å². The zero-order valence-corrected chi connectivity index (χ0v) is 15.8. The van der Waals surface area contributed by atoms with Crippen LogP contribution in [0.15, 0.2) is 48.5 Å². The van der Waals surface area contributed by atoms with Crippen LogP contribution in [0.5, 0.6) is 5.75 Å². The van der Waals surface area contributed by atoms with E-state index in [9.17, 15) is 4.79 Å². The zero-order valence-electron chi connectivity index (χ0n) is 15.0. The third-order valence-electron chi connectivity index (χ3n) is 4.00. The molecule has 0 fully saturated rings. The summed E-state index contributed by atoms with van der Waals surface area (Å²) in [5, 5.41) is 4.03. The number of carbonyl (C=O) groups is 1. The molecule has 26 heavy (non-hydrogen) atoms. The second-order valence-electron chi connectivity index (χ2n) is 6.05. The fourth-order valence-corrected chi connectivity index (χ4v) is 3.70. The number of nitrogens with one attached hydrogen (secondary N) is 1. The van der Waals surface area contributed by atoms with Crippen molar-refractivity contribution in [2.45, 2.75) is 19.8 Å². The fourth-order valence-electron chi connectivity index (χ4n) is 2.69. The maximum Gasteiger partial charge on any atom is 0.244 e. The molecule has 1 heterocycles. The number of rotatable bonds is 7. The smallest absolute Gasteiger partial charge is 0.244 e. The number of para-hydroxylation sites is 1. The minimum atomic E-state index is -0.0992. The molecule has 4 nitrogen and oxygen atoms in total. The van der Waals surface area contributed by atoms with E-state index in [0.717, 1.165) is 40.2 Å². The number of aromatic nitrogens is 1. The number of nitrogens with zero attached hydrogens (tertiary/aromatic N) is 1. The molecule has 0 aliphatic carbocycles. The molecule has 0 saturated heterocycles. The van der Waals surface area contributed by atoms with Gasteiger partial charge in [0.1, 0.15) is 5.75 Å². The molecule has 0 aliphatic rings. The van der Waals surface area contributed by atoms with Gasteiger partial charge in [0.05, 0.1) is 22.3 Å². The van der Waals surface area contributed by atoms with Crippen molar-refractivity contribution in [3.63, 3.8) is 0 Å². The quantitative estimate of drug-likeness (QED) is 0.499. The van der Waals surface area contributed by atoms with Crippen LogP contribution >= 0.6 is 11.3 Å². The van der Waals surface area contributed by atoms with Crippen molar-refractivity contribution in [3.05, 3.63) is 64.7 Å². The van der Waals surface area contributed by atoms with Gasteiger partial charge < -0.3 is 10.1 Å². The Hall–Kier alpha value is -2.66. The minimum absolute atomic E-state index is 0.0992. The van der Waals surface area contributed by atoms with Gasteiger partial charge in [-0.2, -0.15) is 0 Å². The van der Waals surface area contributed by atoms with Crippen molar-refractivity contribution >= 4 is 33.5 Å². The Balaban J connectivity index is 1.47. The molecule has 3 rings (SSSR count). The van der Waals surface area contributed by atoms with Crippen LogP contribution in [0.4, 0.5) is 0 Å². The molecule has 134 valence electrons. The first-order chi connectivity index (χ1) is 12.7. The number of methoxy groups -OCH3 is 1. The van der Waals surface area contributed by atoms with Crippen LogP contribution in [0.25, 0.3) is 16.3 Å². The van der Waals surface area contributed by atoms with E-state index in [2.05, 4.69) is 16.4 Å². The lowest BCUT2D eigenvalue weighted by molar-refractivity contribution is -0.116. The number of carbonyl (C=O) groups excluding carboxylic acids is 1. The molecular formula is C21H22N2O2S. The summed E-state index contributed by atoms with van der Waals surface area (Å²) in [6.07, 6.45) is 5.08. The first-order valence-corrected chi connectivity index (χ1v) is 9.42. The Morgan fingerprint density at radius 2 is 2.12 bits per heavy atom. The summed E-state index contributed by atoms with van der Waals surface area (Å²) in [5.74, 6) is 0.661. The lowest BCUT2D eigenvalue weighted by Crippen LogP contribution is -2.22. The molecule has 1 N–H and O–H groups in total. The second-order valence-corrected chi connectivity index (χ2v) is 7.16. The van der Waals surface area contributed by atoms with Gasteiger partial charge in [0.25, 0.3) is 0 Å². The predicted octanol–water partition coefficient (Wildman–Crippen LogP) is 4.38. The van der Waals surface area contributed by atoms with Gasteiger partial charge in [0, 0.05) is 24.6 Å². The highest BCUT2D eigenvalue weighted by Crippen LogP contribution is 2.22. The average Bonchev–Trinajstić information content (AvgIpc) is 3.06. The van der Waals surface area contributed by atoms with E-state index in [1.54, 1.807) is 30.6 Å². The molecule has 0 aliphatic heterocycles. The van der Waals surface area contributed by atoms with E-state index in [1.165, 1.54) is 4.70 Å². The van der Waals surface area contributed by atoms with Gasteiger partial charge in [0.2, 0.25) is 5.91 Å². The van der Waals surface area contributed by atoms with Gasteiger partial charge in [-0.3, -0.25) is 4.79 Å². The number of benzene rings is 2. The van der Waals surface area contributed by atoms with Crippen molar-refractivity contribution in [1.82, 2.24) is 10.3 Å². The summed E-state index contributed by atoms with van der Waals surface area (Å²) >= 11 is 1.72. The number of hydrogen-bond acceptors (Lipinski definition) is 4. The molecule has 0 saturated carbocycles. The van der Waals surface area contributed by atoms with E-state index >= 15 is 0 Å². The average molecular weight is 366 g/mol. The fraction of sp³-hybridized carbons (Fsp3) is 0.238. The first-order valence-electron chi connectivity index (χ1n) is 8.61. The van der Waals surface area contributed by atoms with E-state index in [-0.39, 0.29) is 5.91 Å². The highest BCUT2D eigenvalue weighted by molar-refractivity contribution is 7.18. The molecule has 5 heteroatoms. The van der Waals surface area contributed by atoms with E-state index < -0.39 is 0 Å². The van der Waals surface area contributed by atoms with Gasteiger partial charge in [0.15, 0.2) is 0 Å². The molecule has 0 atom stereocenters. The molecule has 0 spiro atoms. The predicted molar refractivity (Wildman–Crippen MR) is 108 cm³/mol. The third-order valence-corrected chi connectivity index (χ3v) is 5.10. The maximum absolute atomic E-state index is 12.0. The van der Waals surface area contributed by atoms with Gasteiger partial charge in [-0.25, -0.2) is 4.98 Å². The summed E-state index contributed by atoms with van der Waals surface area (Å²) in [6.45, 7) is 2.64. The summed E-state index contributed by atoms with van der Waals surface area (Å²) in [4.78, 5) is 16.6. The normalized spacial score (nSPS) is 11.2. The molecule has 1 aromatic heterocycles. The number of fused-ring (bicyclic) bond motifs is 1. The van der Waals surface area contributed by atoms with Crippen molar-refractivity contribution in [3.8, 4) is 5.75 Å². The molecule has 0 radical (unpaired) electrons. The van der Waals surface area contributed by atoms with Crippen LogP contribution in [0.1, 0.15) is 22.6 Å². The monoisotopic (exact) mass is 366 g/mol. The van der Waals surface area contributed by atoms with Crippen molar-refractivity contribution < 1.29 is 9.53 Å². The number of aryl methyl sites for hydroxylation is 2. The van der Waals surface area contributed by atoms with Crippen LogP contribution in [0.2, 0.25) is 0 Å². The van der Waals surface area contributed by atoms with Gasteiger partial charge in [-0.15, -0.1) is 11.3 Å². The Labute approximate surface area is 157 Å². The van der Waals surface area contributed by atoms with Crippen molar-refractivity contribution in [2.24, 2.45) is 0 Å². The molecule has 0 unspecified atom stereocenters. The highest BCUT2D eigenvalue weighted by Gasteiger charge is 2.04. The number of thiazole rings is 1. The van der Waals surface area contributed by atoms with E-state index in [4.69, 9.17) is 4.74 Å². The lowest BCUT2D eigenvalue weighted by Gasteiger charge is -2.05. The SMILES string of the molecule is COc1ccc(C)cc1C=CC(=O)NCCCc1nc2ccccc2s1. The molecule has 0 bridgehead atoms. The molecular weight excluding hydrogens is 344 g/mol. The molecule has 3 aromatic rings. The number of hydrogen-bond donors (Lipinski definition) is 1. The Morgan fingerprint density at radius 3 is 2.92 bits per heavy atom. The van der Waals surface area contributed by atoms with Crippen LogP contribution in [-0.4, -0.2) is 24.5 Å². The Kier molecular flexibility index (Phi) is 6.02. The van der Waals surface area contributed by atoms with E-state index in [0.29, 0.717) is 6.54 Å². The van der Waals surface area contributed by atoms with Crippen LogP contribution in [0.3, 0.4) is 0 Å². The zero-order chi connectivity index (χ0) is 18.4. The summed E-state index contributed by atoms with van der Waals surface area (Å²) in [7, 11) is 1.63. The van der Waals surface area contributed by atoms with Crippen molar-refractivity contribution in [2.75, 3.05) is 13.7 Å². The summed E-state index contributed by atoms with van der Waals surface area (Å²) in [6, 6.07) is 14.0. The van der Waals surface area contributed by atoms with Crippen molar-refractivity contribution in [1.29, 1.82) is 0 Å². The minimum Gasteiger partial charge on any atom is -0.496 e. The van der Waals surface area contributed by atoms with Gasteiger partial charge in [-0.1, -0.05) is 23.8 Å². The lowest BCUT2D eigenvalue weighted by atomic mass is 10.1. The summed E-state index contributed by atoms with van der Waals surface area (Å²) in [5.41, 5.74) is 3.07. The molecule has 2 aromatic carbocycles. The Bertz CT molecular complexity index is 898. The maximum atomic E-state index is 12.0. The highest BCUT2D eigenvalue weighted by atomic mass is 32.1. The van der Waals surface area contributed by atoms with E-state index in [1.807, 2.05) is 43.3 Å². The number of ether oxygens (including phenoxy) is 1. The molecule has 1 amide bonds. The standard InChI is InChI=1S/C21H22N2O2S/c1-15-9-11-18(25-2)16(14-15)10-12-20(24)22-13-5-8-21-23-17-6-3-4-7-19(17)26-21/h3-4,6-7,9-12,14H,5,8,13H2,1-2H3,(H,22,24).